The number of likely N-dealkylation sites (N-methyl/N-ethyl adjacent to an activating group) is 1. The van der Waals surface area contributed by atoms with E-state index in [1.54, 1.807) is 42.5 Å². The molecule has 1 heterocycles. The maximum absolute atomic E-state index is 14.0. The van der Waals surface area contributed by atoms with Gasteiger partial charge in [0.05, 0.1) is 5.69 Å². The molecule has 0 unspecified atom stereocenters. The Morgan fingerprint density at radius 1 is 1.13 bits per heavy atom. The summed E-state index contributed by atoms with van der Waals surface area (Å²) in [6, 6.07) is 13.1. The van der Waals surface area contributed by atoms with Crippen LogP contribution in [0.4, 0.5) is 10.1 Å². The van der Waals surface area contributed by atoms with E-state index in [-0.39, 0.29) is 23.8 Å². The molecule has 3 rings (SSSR count). The van der Waals surface area contributed by atoms with Crippen molar-refractivity contribution in [2.45, 2.75) is 13.8 Å². The maximum atomic E-state index is 14.0. The molecule has 0 saturated heterocycles. The monoisotopic (exact) mass is 411 g/mol. The Kier molecular flexibility index (Phi) is 7.19. The predicted molar refractivity (Wildman–Crippen MR) is 115 cm³/mol. The number of carbonyl (C=O) groups is 2. The number of nitrogens with zero attached hydrogens (tertiary/aromatic N) is 2. The van der Waals surface area contributed by atoms with Crippen LogP contribution < -0.4 is 15.0 Å². The molecular weight excluding hydrogens is 385 g/mol. The summed E-state index contributed by atoms with van der Waals surface area (Å²) in [5.74, 6) is -0.806. The third-order valence-corrected chi connectivity index (χ3v) is 4.97. The van der Waals surface area contributed by atoms with E-state index in [2.05, 4.69) is 24.1 Å². The highest BCUT2D eigenvalue weighted by Gasteiger charge is 2.31. The van der Waals surface area contributed by atoms with Crippen LogP contribution in [0.1, 0.15) is 19.4 Å². The zero-order valence-electron chi connectivity index (χ0n) is 17.2. The summed E-state index contributed by atoms with van der Waals surface area (Å²) in [5.41, 5.74) is 0.746. The fourth-order valence-corrected chi connectivity index (χ4v) is 3.25. The summed E-state index contributed by atoms with van der Waals surface area (Å²) < 4.78 is 19.8. The largest absolute Gasteiger partial charge is 0.449 e. The normalized spacial score (nSPS) is 14.6. The number of benzene rings is 2. The van der Waals surface area contributed by atoms with Crippen molar-refractivity contribution < 1.29 is 18.7 Å². The lowest BCUT2D eigenvalue weighted by Gasteiger charge is -2.30. The van der Waals surface area contributed by atoms with Gasteiger partial charge in [0.1, 0.15) is 12.4 Å². The Morgan fingerprint density at radius 2 is 1.83 bits per heavy atom. The van der Waals surface area contributed by atoms with Gasteiger partial charge in [0.25, 0.3) is 5.91 Å². The van der Waals surface area contributed by atoms with Crippen LogP contribution in [0.5, 0.6) is 5.75 Å². The quantitative estimate of drug-likeness (QED) is 0.679. The van der Waals surface area contributed by atoms with Crippen LogP contribution in [0.15, 0.2) is 54.3 Å². The Labute approximate surface area is 175 Å². The van der Waals surface area contributed by atoms with Crippen LogP contribution in [-0.2, 0) is 9.59 Å². The molecule has 0 bridgehead atoms. The van der Waals surface area contributed by atoms with Gasteiger partial charge in [-0.2, -0.15) is 0 Å². The molecule has 0 fully saturated rings. The molecule has 2 aromatic carbocycles. The molecule has 1 aliphatic rings. The van der Waals surface area contributed by atoms with Crippen molar-refractivity contribution in [1.29, 1.82) is 0 Å². The average molecular weight is 411 g/mol. The van der Waals surface area contributed by atoms with Crippen molar-refractivity contribution in [3.8, 4) is 5.75 Å². The van der Waals surface area contributed by atoms with Gasteiger partial charge >= 0.3 is 0 Å². The number of nitrogens with one attached hydrogen (secondary N) is 1. The average Bonchev–Trinajstić information content (AvgIpc) is 2.75. The van der Waals surface area contributed by atoms with Crippen molar-refractivity contribution >= 4 is 23.6 Å². The van der Waals surface area contributed by atoms with E-state index in [0.717, 1.165) is 19.6 Å². The van der Waals surface area contributed by atoms with E-state index in [0.29, 0.717) is 18.0 Å². The van der Waals surface area contributed by atoms with Crippen LogP contribution >= 0.6 is 0 Å². The Balaban J connectivity index is 1.78. The first-order valence-electron chi connectivity index (χ1n) is 10.1. The van der Waals surface area contributed by atoms with E-state index in [1.807, 2.05) is 0 Å². The molecule has 6 nitrogen and oxygen atoms in total. The van der Waals surface area contributed by atoms with Gasteiger partial charge in [-0.1, -0.05) is 44.2 Å². The van der Waals surface area contributed by atoms with Crippen LogP contribution in [0, 0.1) is 5.82 Å². The SMILES string of the molecule is CCN(CC)CCNC(=O)CN1C(=O)/C(=C/c2ccccc2F)Oc2ccccc21. The number of hydrogen-bond donors (Lipinski definition) is 1. The molecule has 0 saturated carbocycles. The van der Waals surface area contributed by atoms with Gasteiger partial charge < -0.3 is 15.0 Å². The fraction of sp³-hybridized carbons (Fsp3) is 0.304. The first-order valence-corrected chi connectivity index (χ1v) is 10.1. The van der Waals surface area contributed by atoms with Gasteiger partial charge in [-0.25, -0.2) is 4.39 Å². The molecule has 2 aromatic rings. The Hall–Kier alpha value is -3.19. The van der Waals surface area contributed by atoms with Crippen LogP contribution in [0.2, 0.25) is 0 Å². The number of hydrogen-bond acceptors (Lipinski definition) is 4. The van der Waals surface area contributed by atoms with E-state index in [1.165, 1.54) is 17.0 Å². The number of halogens is 1. The topological polar surface area (TPSA) is 61.9 Å². The minimum atomic E-state index is -0.490. The molecule has 1 N–H and O–H groups in total. The van der Waals surface area contributed by atoms with Gasteiger partial charge in [-0.15, -0.1) is 0 Å². The highest BCUT2D eigenvalue weighted by Crippen LogP contribution is 2.35. The summed E-state index contributed by atoms with van der Waals surface area (Å²) in [6.07, 6.45) is 1.36. The second-order valence-electron chi connectivity index (χ2n) is 6.87. The lowest BCUT2D eigenvalue weighted by atomic mass is 10.1. The first-order chi connectivity index (χ1) is 14.5. The molecular formula is C23H26FN3O3. The van der Waals surface area contributed by atoms with E-state index >= 15 is 0 Å². The summed E-state index contributed by atoms with van der Waals surface area (Å²) >= 11 is 0. The van der Waals surface area contributed by atoms with Gasteiger partial charge in [-0.05, 0) is 37.4 Å². The molecule has 0 aliphatic carbocycles. The van der Waals surface area contributed by atoms with Crippen molar-refractivity contribution in [3.63, 3.8) is 0 Å². The number of para-hydroxylation sites is 2. The minimum absolute atomic E-state index is 0.0326. The fourth-order valence-electron chi connectivity index (χ4n) is 3.25. The highest BCUT2D eigenvalue weighted by atomic mass is 19.1. The molecule has 30 heavy (non-hydrogen) atoms. The first kappa shape index (κ1) is 21.5. The molecule has 0 aromatic heterocycles. The summed E-state index contributed by atoms with van der Waals surface area (Å²) in [5, 5.41) is 2.86. The molecule has 7 heteroatoms. The van der Waals surface area contributed by atoms with E-state index in [4.69, 9.17) is 4.74 Å². The third-order valence-electron chi connectivity index (χ3n) is 4.97. The number of ether oxygens (including phenoxy) is 1. The molecule has 1 aliphatic heterocycles. The second kappa shape index (κ2) is 10.0. The molecule has 0 spiro atoms. The standard InChI is InChI=1S/C23H26FN3O3/c1-3-26(4-2)14-13-25-22(28)16-27-19-11-7-8-12-20(19)30-21(23(27)29)15-17-9-5-6-10-18(17)24/h5-12,15H,3-4,13-14,16H2,1-2H3,(H,25,28)/b21-15-. The molecule has 158 valence electrons. The van der Waals surface area contributed by atoms with Crippen molar-refractivity contribution in [1.82, 2.24) is 10.2 Å². The van der Waals surface area contributed by atoms with E-state index in [9.17, 15) is 14.0 Å². The Morgan fingerprint density at radius 3 is 2.57 bits per heavy atom. The third kappa shape index (κ3) is 5.04. The van der Waals surface area contributed by atoms with Crippen LogP contribution in [0.25, 0.3) is 6.08 Å². The zero-order valence-corrected chi connectivity index (χ0v) is 17.2. The number of fused-ring (bicyclic) bond motifs is 1. The Bertz CT molecular complexity index is 941. The van der Waals surface area contributed by atoms with Crippen LogP contribution in [-0.4, -0.2) is 49.4 Å². The zero-order chi connectivity index (χ0) is 21.5. The maximum Gasteiger partial charge on any atom is 0.294 e. The summed E-state index contributed by atoms with van der Waals surface area (Å²) in [7, 11) is 0. The number of carbonyl (C=O) groups excluding carboxylic acids is 2. The van der Waals surface area contributed by atoms with Crippen molar-refractivity contribution in [2.75, 3.05) is 37.6 Å². The molecule has 0 radical (unpaired) electrons. The van der Waals surface area contributed by atoms with Gasteiger partial charge in [0, 0.05) is 18.7 Å². The van der Waals surface area contributed by atoms with Gasteiger partial charge in [0.15, 0.2) is 11.5 Å². The lowest BCUT2D eigenvalue weighted by Crippen LogP contribution is -2.45. The molecule has 0 atom stereocenters. The van der Waals surface area contributed by atoms with Crippen LogP contribution in [0.3, 0.4) is 0 Å². The second-order valence-corrected chi connectivity index (χ2v) is 6.87. The van der Waals surface area contributed by atoms with Gasteiger partial charge in [0.2, 0.25) is 5.91 Å². The number of amides is 2. The predicted octanol–water partition coefficient (Wildman–Crippen LogP) is 3.05. The minimum Gasteiger partial charge on any atom is -0.449 e. The molecule has 2 amide bonds. The van der Waals surface area contributed by atoms with E-state index < -0.39 is 11.7 Å². The lowest BCUT2D eigenvalue weighted by molar-refractivity contribution is -0.123. The van der Waals surface area contributed by atoms with Gasteiger partial charge in [-0.3, -0.25) is 14.5 Å². The van der Waals surface area contributed by atoms with Crippen molar-refractivity contribution in [3.05, 3.63) is 65.7 Å². The van der Waals surface area contributed by atoms with Crippen molar-refractivity contribution in [2.24, 2.45) is 0 Å². The smallest absolute Gasteiger partial charge is 0.294 e. The number of rotatable bonds is 8. The highest BCUT2D eigenvalue weighted by molar-refractivity contribution is 6.12. The summed E-state index contributed by atoms with van der Waals surface area (Å²) in [6.45, 7) is 7.05. The summed E-state index contributed by atoms with van der Waals surface area (Å²) in [4.78, 5) is 29.1. The number of anilines is 1.